The predicted octanol–water partition coefficient (Wildman–Crippen LogP) is 4.12. The lowest BCUT2D eigenvalue weighted by molar-refractivity contribution is 0.330. The van der Waals surface area contributed by atoms with Crippen molar-refractivity contribution in [3.63, 3.8) is 0 Å². The number of nitrogens with zero attached hydrogens (tertiary/aromatic N) is 1. The molecule has 0 unspecified atom stereocenters. The molecule has 1 heterocycles. The van der Waals surface area contributed by atoms with Gasteiger partial charge in [0.05, 0.1) is 5.69 Å². The number of aromatic nitrogens is 1. The molecule has 2 nitrogen and oxygen atoms in total. The maximum Gasteiger partial charge on any atom is 0.152 e. The first-order chi connectivity index (χ1) is 7.79. The molecule has 1 fully saturated rings. The molecule has 1 aliphatic rings. The van der Waals surface area contributed by atoms with E-state index >= 15 is 0 Å². The number of hydrogen-bond donors (Lipinski definition) is 1. The van der Waals surface area contributed by atoms with Crippen LogP contribution in [0.3, 0.4) is 0 Å². The number of halogens is 1. The van der Waals surface area contributed by atoms with Crippen molar-refractivity contribution in [2.45, 2.75) is 45.1 Å². The molecule has 3 heteroatoms. The SMILES string of the molecule is CCC1CCC(Nc2cccnc2Cl)CC1. The van der Waals surface area contributed by atoms with E-state index in [0.717, 1.165) is 11.6 Å². The third kappa shape index (κ3) is 2.88. The van der Waals surface area contributed by atoms with Crippen molar-refractivity contribution in [3.05, 3.63) is 23.5 Å². The van der Waals surface area contributed by atoms with E-state index < -0.39 is 0 Å². The van der Waals surface area contributed by atoms with Crippen molar-refractivity contribution in [3.8, 4) is 0 Å². The summed E-state index contributed by atoms with van der Waals surface area (Å²) in [4.78, 5) is 4.08. The second kappa shape index (κ2) is 5.53. The first kappa shape index (κ1) is 11.7. The Balaban J connectivity index is 1.89. The molecule has 1 aliphatic carbocycles. The Kier molecular flexibility index (Phi) is 4.05. The zero-order chi connectivity index (χ0) is 11.4. The number of anilines is 1. The van der Waals surface area contributed by atoms with Crippen molar-refractivity contribution < 1.29 is 0 Å². The fourth-order valence-corrected chi connectivity index (χ4v) is 2.60. The largest absolute Gasteiger partial charge is 0.380 e. The summed E-state index contributed by atoms with van der Waals surface area (Å²) in [5.74, 6) is 0.933. The van der Waals surface area contributed by atoms with E-state index in [1.165, 1.54) is 32.1 Å². The molecule has 0 aliphatic heterocycles. The molecular weight excluding hydrogens is 220 g/mol. The molecule has 0 amide bonds. The van der Waals surface area contributed by atoms with Crippen molar-refractivity contribution in [1.29, 1.82) is 0 Å². The molecule has 1 saturated carbocycles. The van der Waals surface area contributed by atoms with Crippen LogP contribution in [0, 0.1) is 5.92 Å². The smallest absolute Gasteiger partial charge is 0.152 e. The van der Waals surface area contributed by atoms with E-state index in [-0.39, 0.29) is 0 Å². The van der Waals surface area contributed by atoms with E-state index in [4.69, 9.17) is 11.6 Å². The van der Waals surface area contributed by atoms with Crippen LogP contribution in [0.25, 0.3) is 0 Å². The van der Waals surface area contributed by atoms with Gasteiger partial charge in [-0.05, 0) is 43.7 Å². The fraction of sp³-hybridized carbons (Fsp3) is 0.615. The third-order valence-corrected chi connectivity index (χ3v) is 3.84. The highest BCUT2D eigenvalue weighted by atomic mass is 35.5. The maximum absolute atomic E-state index is 6.03. The highest BCUT2D eigenvalue weighted by Crippen LogP contribution is 2.29. The molecule has 88 valence electrons. The van der Waals surface area contributed by atoms with Crippen molar-refractivity contribution >= 4 is 17.3 Å². The zero-order valence-electron chi connectivity index (χ0n) is 9.75. The first-order valence-corrected chi connectivity index (χ1v) is 6.54. The van der Waals surface area contributed by atoms with Crippen LogP contribution in [-0.2, 0) is 0 Å². The van der Waals surface area contributed by atoms with Gasteiger partial charge < -0.3 is 5.32 Å². The third-order valence-electron chi connectivity index (χ3n) is 3.54. The minimum atomic E-state index is 0.574. The number of rotatable bonds is 3. The van der Waals surface area contributed by atoms with Crippen LogP contribution in [0.15, 0.2) is 18.3 Å². The minimum Gasteiger partial charge on any atom is -0.380 e. The molecule has 16 heavy (non-hydrogen) atoms. The Morgan fingerprint density at radius 1 is 1.38 bits per heavy atom. The van der Waals surface area contributed by atoms with Gasteiger partial charge in [-0.2, -0.15) is 0 Å². The van der Waals surface area contributed by atoms with E-state index in [9.17, 15) is 0 Å². The molecule has 1 N–H and O–H groups in total. The Labute approximate surface area is 102 Å². The maximum atomic E-state index is 6.03. The Bertz CT molecular complexity index is 332. The van der Waals surface area contributed by atoms with Crippen molar-refractivity contribution in [2.75, 3.05) is 5.32 Å². The van der Waals surface area contributed by atoms with Gasteiger partial charge in [-0.25, -0.2) is 4.98 Å². The van der Waals surface area contributed by atoms with E-state index in [0.29, 0.717) is 11.2 Å². The second-order valence-electron chi connectivity index (χ2n) is 4.61. The number of hydrogen-bond acceptors (Lipinski definition) is 2. The predicted molar refractivity (Wildman–Crippen MR) is 68.9 cm³/mol. The summed E-state index contributed by atoms with van der Waals surface area (Å²) in [6, 6.07) is 4.50. The van der Waals surface area contributed by atoms with Crippen LogP contribution in [0.5, 0.6) is 0 Å². The minimum absolute atomic E-state index is 0.574. The van der Waals surface area contributed by atoms with E-state index in [1.807, 2.05) is 12.1 Å². The van der Waals surface area contributed by atoms with Gasteiger partial charge in [-0.3, -0.25) is 0 Å². The Hall–Kier alpha value is -0.760. The summed E-state index contributed by atoms with van der Waals surface area (Å²) in [6.07, 6.45) is 8.23. The van der Waals surface area contributed by atoms with Crippen molar-refractivity contribution in [1.82, 2.24) is 4.98 Å². The van der Waals surface area contributed by atoms with Gasteiger partial charge in [-0.15, -0.1) is 0 Å². The zero-order valence-corrected chi connectivity index (χ0v) is 10.5. The fourth-order valence-electron chi connectivity index (χ4n) is 2.43. The van der Waals surface area contributed by atoms with Crippen LogP contribution >= 0.6 is 11.6 Å². The van der Waals surface area contributed by atoms with Gasteiger partial charge in [-0.1, -0.05) is 24.9 Å². The molecule has 2 rings (SSSR count). The molecule has 0 bridgehead atoms. The molecule has 0 atom stereocenters. The van der Waals surface area contributed by atoms with Crippen LogP contribution < -0.4 is 5.32 Å². The molecule has 0 radical (unpaired) electrons. The van der Waals surface area contributed by atoms with Gasteiger partial charge in [0, 0.05) is 12.2 Å². The average Bonchev–Trinajstić information content (AvgIpc) is 2.33. The lowest BCUT2D eigenvalue weighted by atomic mass is 9.84. The highest BCUT2D eigenvalue weighted by Gasteiger charge is 2.20. The summed E-state index contributed by atoms with van der Waals surface area (Å²) < 4.78 is 0. The topological polar surface area (TPSA) is 24.9 Å². The number of nitrogens with one attached hydrogen (secondary N) is 1. The Morgan fingerprint density at radius 3 is 2.75 bits per heavy atom. The van der Waals surface area contributed by atoms with Crippen LogP contribution in [0.2, 0.25) is 5.15 Å². The van der Waals surface area contributed by atoms with Crippen LogP contribution in [-0.4, -0.2) is 11.0 Å². The van der Waals surface area contributed by atoms with E-state index in [1.54, 1.807) is 6.20 Å². The molecule has 0 spiro atoms. The summed E-state index contributed by atoms with van der Waals surface area (Å²) in [7, 11) is 0. The molecular formula is C13H19ClN2. The summed E-state index contributed by atoms with van der Waals surface area (Å²) >= 11 is 6.03. The normalized spacial score (nSPS) is 25.4. The summed E-state index contributed by atoms with van der Waals surface area (Å²) in [5.41, 5.74) is 0.976. The van der Waals surface area contributed by atoms with E-state index in [2.05, 4.69) is 17.2 Å². The Morgan fingerprint density at radius 2 is 2.12 bits per heavy atom. The number of pyridine rings is 1. The molecule has 0 saturated heterocycles. The van der Waals surface area contributed by atoms with Gasteiger partial charge in [0.2, 0.25) is 0 Å². The van der Waals surface area contributed by atoms with Gasteiger partial charge >= 0.3 is 0 Å². The van der Waals surface area contributed by atoms with Gasteiger partial charge in [0.1, 0.15) is 0 Å². The highest BCUT2D eigenvalue weighted by molar-refractivity contribution is 6.31. The van der Waals surface area contributed by atoms with Crippen LogP contribution in [0.4, 0.5) is 5.69 Å². The van der Waals surface area contributed by atoms with Gasteiger partial charge in [0.25, 0.3) is 0 Å². The molecule has 1 aromatic rings. The van der Waals surface area contributed by atoms with Gasteiger partial charge in [0.15, 0.2) is 5.15 Å². The quantitative estimate of drug-likeness (QED) is 0.802. The molecule has 1 aromatic heterocycles. The monoisotopic (exact) mass is 238 g/mol. The second-order valence-corrected chi connectivity index (χ2v) is 4.97. The van der Waals surface area contributed by atoms with Crippen LogP contribution in [0.1, 0.15) is 39.0 Å². The average molecular weight is 239 g/mol. The lowest BCUT2D eigenvalue weighted by Crippen LogP contribution is -2.26. The van der Waals surface area contributed by atoms with Crippen molar-refractivity contribution in [2.24, 2.45) is 5.92 Å². The lowest BCUT2D eigenvalue weighted by Gasteiger charge is -2.29. The summed E-state index contributed by atoms with van der Waals surface area (Å²) in [6.45, 7) is 2.29. The first-order valence-electron chi connectivity index (χ1n) is 6.16. The standard InChI is InChI=1S/C13H19ClN2/c1-2-10-5-7-11(8-6-10)16-12-4-3-9-15-13(12)14/h3-4,9-11,16H,2,5-8H2,1H3. The molecule has 0 aromatic carbocycles. The summed E-state index contributed by atoms with van der Waals surface area (Å²) in [5, 5.41) is 4.08.